The quantitative estimate of drug-likeness (QED) is 0.517. The lowest BCUT2D eigenvalue weighted by Crippen LogP contribution is -2.39. The Kier molecular flexibility index (Phi) is 9.89. The number of carbonyl (C=O) groups is 1. The Morgan fingerprint density at radius 1 is 1.31 bits per heavy atom. The number of hydrogen-bond donors (Lipinski definition) is 2. The van der Waals surface area contributed by atoms with Gasteiger partial charge in [-0.15, -0.1) is 11.3 Å². The van der Waals surface area contributed by atoms with Crippen molar-refractivity contribution >= 4 is 34.8 Å². The summed E-state index contributed by atoms with van der Waals surface area (Å²) in [7, 11) is 1.63. The molecule has 0 bridgehead atoms. The summed E-state index contributed by atoms with van der Waals surface area (Å²) in [6.07, 6.45) is -0.604. The number of thiazole rings is 1. The molecule has 1 atom stereocenters. The van der Waals surface area contributed by atoms with Crippen LogP contribution in [0.3, 0.4) is 0 Å². The van der Waals surface area contributed by atoms with Crippen molar-refractivity contribution in [3.63, 3.8) is 0 Å². The maximum Gasteiger partial charge on any atom is 0.321 e. The molecule has 0 saturated carbocycles. The number of hydrogen-bond acceptors (Lipinski definition) is 7. The highest BCUT2D eigenvalue weighted by molar-refractivity contribution is 8.01. The molecule has 160 valence electrons. The van der Waals surface area contributed by atoms with E-state index in [1.165, 1.54) is 4.90 Å². The molecule has 2 rings (SSSR count). The van der Waals surface area contributed by atoms with E-state index >= 15 is 0 Å². The lowest BCUT2D eigenvalue weighted by Gasteiger charge is -2.21. The minimum atomic E-state index is -0.759. The van der Waals surface area contributed by atoms with E-state index in [9.17, 15) is 9.90 Å². The van der Waals surface area contributed by atoms with Gasteiger partial charge in [-0.2, -0.15) is 0 Å². The number of aromatic nitrogens is 1. The van der Waals surface area contributed by atoms with Crippen molar-refractivity contribution in [2.45, 2.75) is 42.2 Å². The first kappa shape index (κ1) is 23.6. The van der Waals surface area contributed by atoms with Gasteiger partial charge in [-0.3, -0.25) is 0 Å². The number of aryl methyl sites for hydroxylation is 1. The third kappa shape index (κ3) is 9.14. The third-order valence-electron chi connectivity index (χ3n) is 3.73. The minimum absolute atomic E-state index is 0.154. The number of nitrogens with zero attached hydrogens (tertiary/aromatic N) is 2. The molecule has 29 heavy (non-hydrogen) atoms. The molecule has 2 N–H and O–H groups in total. The van der Waals surface area contributed by atoms with E-state index in [2.05, 4.69) is 10.3 Å². The van der Waals surface area contributed by atoms with Gasteiger partial charge in [-0.1, -0.05) is 11.8 Å². The van der Waals surface area contributed by atoms with Crippen molar-refractivity contribution in [3.8, 4) is 0 Å². The van der Waals surface area contributed by atoms with Crippen molar-refractivity contribution in [1.82, 2.24) is 9.88 Å². The van der Waals surface area contributed by atoms with Crippen LogP contribution in [0.25, 0.3) is 0 Å². The second-order valence-corrected chi connectivity index (χ2v) is 9.02. The van der Waals surface area contributed by atoms with Crippen LogP contribution in [0.5, 0.6) is 0 Å². The Labute approximate surface area is 180 Å². The van der Waals surface area contributed by atoms with Crippen molar-refractivity contribution in [1.29, 1.82) is 0 Å². The van der Waals surface area contributed by atoms with Crippen LogP contribution in [-0.4, -0.2) is 66.6 Å². The Morgan fingerprint density at radius 3 is 2.66 bits per heavy atom. The van der Waals surface area contributed by atoms with E-state index in [-0.39, 0.29) is 25.3 Å². The van der Waals surface area contributed by atoms with Crippen molar-refractivity contribution in [3.05, 3.63) is 35.3 Å². The molecule has 1 unspecified atom stereocenters. The molecule has 1 aromatic carbocycles. The molecule has 0 saturated heterocycles. The number of ether oxygens (including phenoxy) is 2. The van der Waals surface area contributed by atoms with Gasteiger partial charge >= 0.3 is 6.03 Å². The summed E-state index contributed by atoms with van der Waals surface area (Å²) in [5.41, 5.74) is 1.71. The summed E-state index contributed by atoms with van der Waals surface area (Å²) in [5.74, 6) is 0. The lowest BCUT2D eigenvalue weighted by atomic mass is 10.3. The van der Waals surface area contributed by atoms with E-state index in [0.717, 1.165) is 14.9 Å². The normalized spacial score (nSPS) is 12.2. The lowest BCUT2D eigenvalue weighted by molar-refractivity contribution is -0.0144. The molecule has 0 aliphatic rings. The first-order chi connectivity index (χ1) is 13.8. The highest BCUT2D eigenvalue weighted by Crippen LogP contribution is 2.30. The number of anilines is 1. The SMILES string of the molecule is Cc1csc(Sc2ccc(NC(=O)N(C)CC(O)COCCOC(C)C)cc2)n1. The molecule has 0 fully saturated rings. The predicted octanol–water partition coefficient (Wildman–Crippen LogP) is 3.87. The highest BCUT2D eigenvalue weighted by atomic mass is 32.2. The van der Waals surface area contributed by atoms with Crippen LogP contribution in [0.2, 0.25) is 0 Å². The number of likely N-dealkylation sites (N-methyl/N-ethyl adjacent to an activating group) is 1. The van der Waals surface area contributed by atoms with Crippen molar-refractivity contribution < 1.29 is 19.4 Å². The van der Waals surface area contributed by atoms with Crippen LogP contribution < -0.4 is 5.32 Å². The molecule has 1 aromatic heterocycles. The summed E-state index contributed by atoms with van der Waals surface area (Å²) in [6, 6.07) is 7.30. The van der Waals surface area contributed by atoms with E-state index in [0.29, 0.717) is 18.9 Å². The molecule has 0 radical (unpaired) electrons. The van der Waals surface area contributed by atoms with Gasteiger partial charge in [0.2, 0.25) is 0 Å². The summed E-state index contributed by atoms with van der Waals surface area (Å²) < 4.78 is 11.7. The predicted molar refractivity (Wildman–Crippen MR) is 117 cm³/mol. The Balaban J connectivity index is 1.71. The number of urea groups is 1. The number of carbonyl (C=O) groups excluding carboxylic acids is 1. The first-order valence-electron chi connectivity index (χ1n) is 9.43. The van der Waals surface area contributed by atoms with E-state index in [1.807, 2.05) is 50.4 Å². The van der Waals surface area contributed by atoms with Crippen LogP contribution in [0.15, 0.2) is 38.9 Å². The van der Waals surface area contributed by atoms with Gasteiger partial charge in [0, 0.05) is 28.7 Å². The van der Waals surface area contributed by atoms with Gasteiger partial charge in [0.05, 0.1) is 38.6 Å². The second kappa shape index (κ2) is 12.1. The number of rotatable bonds is 11. The summed E-state index contributed by atoms with van der Waals surface area (Å²) in [6.45, 7) is 7.11. The molecular weight excluding hydrogens is 410 g/mol. The maximum atomic E-state index is 12.3. The minimum Gasteiger partial charge on any atom is -0.389 e. The van der Waals surface area contributed by atoms with Crippen LogP contribution in [-0.2, 0) is 9.47 Å². The number of aliphatic hydroxyl groups excluding tert-OH is 1. The van der Waals surface area contributed by atoms with Gasteiger partial charge in [-0.05, 0) is 45.0 Å². The van der Waals surface area contributed by atoms with Gasteiger partial charge in [0.25, 0.3) is 0 Å². The van der Waals surface area contributed by atoms with Crippen molar-refractivity contribution in [2.24, 2.45) is 0 Å². The van der Waals surface area contributed by atoms with E-state index in [1.54, 1.807) is 30.1 Å². The standard InChI is InChI=1S/C20H29N3O4S2/c1-14(2)27-10-9-26-12-17(24)11-23(4)19(25)22-16-5-7-18(8-6-16)29-20-21-15(3)13-28-20/h5-8,13-14,17,24H,9-12H2,1-4H3,(H,22,25). The average molecular weight is 440 g/mol. The monoisotopic (exact) mass is 439 g/mol. The van der Waals surface area contributed by atoms with Gasteiger partial charge in [0.15, 0.2) is 4.34 Å². The van der Waals surface area contributed by atoms with Gasteiger partial charge in [-0.25, -0.2) is 9.78 Å². The Morgan fingerprint density at radius 2 is 2.03 bits per heavy atom. The van der Waals surface area contributed by atoms with Gasteiger partial charge in [0.1, 0.15) is 0 Å². The number of nitrogens with one attached hydrogen (secondary N) is 1. The molecule has 9 heteroatoms. The number of amides is 2. The van der Waals surface area contributed by atoms with Crippen LogP contribution in [0, 0.1) is 6.92 Å². The fourth-order valence-electron chi connectivity index (χ4n) is 2.32. The smallest absolute Gasteiger partial charge is 0.321 e. The molecule has 7 nitrogen and oxygen atoms in total. The summed E-state index contributed by atoms with van der Waals surface area (Å²) in [4.78, 5) is 19.2. The molecule has 1 heterocycles. The molecular formula is C20H29N3O4S2. The summed E-state index contributed by atoms with van der Waals surface area (Å²) >= 11 is 3.20. The van der Waals surface area contributed by atoms with E-state index in [4.69, 9.17) is 9.47 Å². The fourth-order valence-corrected chi connectivity index (χ4v) is 4.13. The number of benzene rings is 1. The molecule has 0 spiro atoms. The fraction of sp³-hybridized carbons (Fsp3) is 0.500. The maximum absolute atomic E-state index is 12.3. The molecule has 2 amide bonds. The van der Waals surface area contributed by atoms with Crippen molar-refractivity contribution in [2.75, 3.05) is 38.7 Å². The van der Waals surface area contributed by atoms with Crippen LogP contribution in [0.1, 0.15) is 19.5 Å². The highest BCUT2D eigenvalue weighted by Gasteiger charge is 2.14. The first-order valence-corrected chi connectivity index (χ1v) is 11.1. The van der Waals surface area contributed by atoms with Crippen LogP contribution in [0.4, 0.5) is 10.5 Å². The summed E-state index contributed by atoms with van der Waals surface area (Å²) in [5, 5.41) is 14.9. The van der Waals surface area contributed by atoms with Gasteiger partial charge < -0.3 is 24.8 Å². The van der Waals surface area contributed by atoms with Crippen LogP contribution >= 0.6 is 23.1 Å². The molecule has 0 aliphatic heterocycles. The zero-order valence-corrected chi connectivity index (χ0v) is 18.9. The molecule has 2 aromatic rings. The Bertz CT molecular complexity index is 752. The number of aliphatic hydroxyl groups is 1. The zero-order valence-electron chi connectivity index (χ0n) is 17.3. The third-order valence-corrected chi connectivity index (χ3v) is 5.79. The van der Waals surface area contributed by atoms with E-state index < -0.39 is 6.10 Å². The second-order valence-electron chi connectivity index (χ2n) is 6.84. The largest absolute Gasteiger partial charge is 0.389 e. The average Bonchev–Trinajstić information content (AvgIpc) is 3.07. The zero-order chi connectivity index (χ0) is 21.2. The Hall–Kier alpha value is -1.65. The topological polar surface area (TPSA) is 83.9 Å². The molecule has 0 aliphatic carbocycles.